The van der Waals surface area contributed by atoms with Gasteiger partial charge in [-0.3, -0.25) is 14.5 Å². The van der Waals surface area contributed by atoms with Crippen LogP contribution in [0.2, 0.25) is 0 Å². The molecule has 41 heavy (non-hydrogen) atoms. The van der Waals surface area contributed by atoms with Gasteiger partial charge in [0, 0.05) is 18.7 Å². The second kappa shape index (κ2) is 19.1. The van der Waals surface area contributed by atoms with Crippen LogP contribution >= 0.6 is 0 Å². The highest BCUT2D eigenvalue weighted by molar-refractivity contribution is 5.96. The molecule has 0 spiro atoms. The second-order valence-corrected chi connectivity index (χ2v) is 11.0. The molecule has 1 unspecified atom stereocenters. The molecule has 0 heterocycles. The lowest BCUT2D eigenvalue weighted by molar-refractivity contribution is -0.122. The Morgan fingerprint density at radius 3 is 2.32 bits per heavy atom. The minimum atomic E-state index is -0.274. The van der Waals surface area contributed by atoms with E-state index in [1.54, 1.807) is 18.2 Å². The molecule has 2 rings (SSSR count). The van der Waals surface area contributed by atoms with Crippen molar-refractivity contribution in [3.8, 4) is 11.5 Å². The van der Waals surface area contributed by atoms with Gasteiger partial charge in [-0.15, -0.1) is 0 Å². The Labute approximate surface area is 248 Å². The molecule has 0 saturated carbocycles. The van der Waals surface area contributed by atoms with Crippen molar-refractivity contribution >= 4 is 17.5 Å². The molecule has 3 N–H and O–H groups in total. The zero-order chi connectivity index (χ0) is 30.0. The summed E-state index contributed by atoms with van der Waals surface area (Å²) in [5, 5.41) is 16.5. The van der Waals surface area contributed by atoms with Gasteiger partial charge in [-0.05, 0) is 81.4 Å². The molecule has 0 fully saturated rings. The predicted molar refractivity (Wildman–Crippen MR) is 169 cm³/mol. The van der Waals surface area contributed by atoms with E-state index in [0.717, 1.165) is 54.7 Å². The number of phenols is 1. The van der Waals surface area contributed by atoms with Crippen LogP contribution in [0.4, 0.5) is 5.69 Å². The lowest BCUT2D eigenvalue weighted by Crippen LogP contribution is -2.44. The van der Waals surface area contributed by atoms with E-state index in [1.165, 1.54) is 25.7 Å². The minimum absolute atomic E-state index is 0.000699. The SMILES string of the molecule is CCCCCCCCC(=O)NCc1ccc(O)c(OCCCC(C(=O)Nc2c(C)cccc2C)N(CC)CCC)c1. The van der Waals surface area contributed by atoms with Crippen molar-refractivity contribution in [1.82, 2.24) is 10.2 Å². The Morgan fingerprint density at radius 2 is 1.63 bits per heavy atom. The average molecular weight is 568 g/mol. The molecule has 0 bridgehead atoms. The van der Waals surface area contributed by atoms with Crippen molar-refractivity contribution in [2.45, 2.75) is 111 Å². The lowest BCUT2D eigenvalue weighted by Gasteiger charge is -2.30. The van der Waals surface area contributed by atoms with Crippen molar-refractivity contribution in [1.29, 1.82) is 0 Å². The van der Waals surface area contributed by atoms with E-state index in [2.05, 4.69) is 36.3 Å². The number of benzene rings is 2. The first kappa shape index (κ1) is 34.1. The van der Waals surface area contributed by atoms with Crippen LogP contribution in [-0.2, 0) is 16.1 Å². The summed E-state index contributed by atoms with van der Waals surface area (Å²) in [4.78, 5) is 27.9. The Bertz CT molecular complexity index is 1050. The zero-order valence-corrected chi connectivity index (χ0v) is 26.1. The number of carbonyl (C=O) groups excluding carboxylic acids is 2. The molecule has 228 valence electrons. The predicted octanol–water partition coefficient (Wildman–Crippen LogP) is 7.27. The molecule has 2 aromatic carbocycles. The van der Waals surface area contributed by atoms with Crippen LogP contribution in [0.5, 0.6) is 11.5 Å². The summed E-state index contributed by atoms with van der Waals surface area (Å²) in [7, 11) is 0. The molecule has 0 aliphatic carbocycles. The third-order valence-electron chi connectivity index (χ3n) is 7.54. The fourth-order valence-electron chi connectivity index (χ4n) is 5.12. The van der Waals surface area contributed by atoms with E-state index in [0.29, 0.717) is 38.2 Å². The van der Waals surface area contributed by atoms with Gasteiger partial charge in [-0.2, -0.15) is 0 Å². The number of carbonyl (C=O) groups is 2. The normalized spacial score (nSPS) is 11.9. The van der Waals surface area contributed by atoms with Gasteiger partial charge in [0.15, 0.2) is 11.5 Å². The van der Waals surface area contributed by atoms with Gasteiger partial charge in [-0.1, -0.05) is 77.1 Å². The summed E-state index contributed by atoms with van der Waals surface area (Å²) in [6, 6.07) is 10.9. The Balaban J connectivity index is 1.89. The van der Waals surface area contributed by atoms with Crippen LogP contribution in [0.25, 0.3) is 0 Å². The zero-order valence-electron chi connectivity index (χ0n) is 26.1. The topological polar surface area (TPSA) is 90.9 Å². The van der Waals surface area contributed by atoms with Crippen LogP contribution in [0.15, 0.2) is 36.4 Å². The van der Waals surface area contributed by atoms with Crippen molar-refractivity contribution in [2.75, 3.05) is 25.0 Å². The number of nitrogens with one attached hydrogen (secondary N) is 2. The summed E-state index contributed by atoms with van der Waals surface area (Å²) in [6.07, 6.45) is 9.72. The van der Waals surface area contributed by atoms with Crippen LogP contribution in [0.1, 0.15) is 102 Å². The Kier molecular flexibility index (Phi) is 15.9. The summed E-state index contributed by atoms with van der Waals surface area (Å²) in [5.74, 6) is 0.510. The first-order valence-electron chi connectivity index (χ1n) is 15.6. The highest BCUT2D eigenvalue weighted by Crippen LogP contribution is 2.27. The fraction of sp³-hybridized carbons (Fsp3) is 0.588. The van der Waals surface area contributed by atoms with Crippen LogP contribution in [0.3, 0.4) is 0 Å². The number of nitrogens with zero attached hydrogens (tertiary/aromatic N) is 1. The molecule has 0 aliphatic heterocycles. The smallest absolute Gasteiger partial charge is 0.241 e. The number of amides is 2. The number of hydrogen-bond donors (Lipinski definition) is 3. The molecule has 7 heteroatoms. The highest BCUT2D eigenvalue weighted by Gasteiger charge is 2.25. The number of unbranched alkanes of at least 4 members (excludes halogenated alkanes) is 5. The number of ether oxygens (including phenoxy) is 1. The van der Waals surface area contributed by atoms with E-state index in [4.69, 9.17) is 4.74 Å². The number of likely N-dealkylation sites (N-methyl/N-ethyl adjacent to an activating group) is 1. The van der Waals surface area contributed by atoms with Gasteiger partial charge < -0.3 is 20.5 Å². The summed E-state index contributed by atoms with van der Waals surface area (Å²) < 4.78 is 5.94. The van der Waals surface area contributed by atoms with Crippen molar-refractivity contribution in [3.05, 3.63) is 53.1 Å². The van der Waals surface area contributed by atoms with Crippen molar-refractivity contribution in [2.24, 2.45) is 0 Å². The fourth-order valence-corrected chi connectivity index (χ4v) is 5.12. The Hall–Kier alpha value is -3.06. The van der Waals surface area contributed by atoms with Gasteiger partial charge >= 0.3 is 0 Å². The molecule has 2 aromatic rings. The molecular weight excluding hydrogens is 514 g/mol. The molecular formula is C34H53N3O4. The number of rotatable bonds is 20. The van der Waals surface area contributed by atoms with Crippen LogP contribution in [0, 0.1) is 13.8 Å². The third kappa shape index (κ3) is 12.1. The minimum Gasteiger partial charge on any atom is -0.504 e. The highest BCUT2D eigenvalue weighted by atomic mass is 16.5. The number of anilines is 1. The van der Waals surface area contributed by atoms with E-state index in [-0.39, 0.29) is 23.6 Å². The van der Waals surface area contributed by atoms with E-state index in [9.17, 15) is 14.7 Å². The van der Waals surface area contributed by atoms with Crippen molar-refractivity contribution in [3.63, 3.8) is 0 Å². The quantitative estimate of drug-likeness (QED) is 0.146. The largest absolute Gasteiger partial charge is 0.504 e. The van der Waals surface area contributed by atoms with E-state index in [1.807, 2.05) is 32.0 Å². The van der Waals surface area contributed by atoms with Crippen LogP contribution in [-0.4, -0.2) is 47.6 Å². The maximum Gasteiger partial charge on any atom is 0.241 e. The first-order chi connectivity index (χ1) is 19.8. The maximum atomic E-state index is 13.4. The third-order valence-corrected chi connectivity index (χ3v) is 7.54. The second-order valence-electron chi connectivity index (χ2n) is 11.0. The average Bonchev–Trinajstić information content (AvgIpc) is 2.96. The molecule has 0 aromatic heterocycles. The summed E-state index contributed by atoms with van der Waals surface area (Å²) >= 11 is 0. The van der Waals surface area contributed by atoms with E-state index >= 15 is 0 Å². The molecule has 0 aliphatic rings. The first-order valence-corrected chi connectivity index (χ1v) is 15.6. The number of phenolic OH excluding ortho intramolecular Hbond substituents is 1. The molecule has 7 nitrogen and oxygen atoms in total. The molecule has 2 amide bonds. The number of para-hydroxylation sites is 1. The van der Waals surface area contributed by atoms with E-state index < -0.39 is 0 Å². The molecule has 0 saturated heterocycles. The Morgan fingerprint density at radius 1 is 0.927 bits per heavy atom. The van der Waals surface area contributed by atoms with Gasteiger partial charge in [-0.25, -0.2) is 0 Å². The van der Waals surface area contributed by atoms with Gasteiger partial charge in [0.05, 0.1) is 12.6 Å². The molecule has 0 radical (unpaired) electrons. The van der Waals surface area contributed by atoms with Gasteiger partial charge in [0.2, 0.25) is 11.8 Å². The monoisotopic (exact) mass is 567 g/mol. The lowest BCUT2D eigenvalue weighted by atomic mass is 10.1. The summed E-state index contributed by atoms with van der Waals surface area (Å²) in [5.41, 5.74) is 3.85. The van der Waals surface area contributed by atoms with Gasteiger partial charge in [0.25, 0.3) is 0 Å². The van der Waals surface area contributed by atoms with Crippen LogP contribution < -0.4 is 15.4 Å². The summed E-state index contributed by atoms with van der Waals surface area (Å²) in [6.45, 7) is 12.8. The number of hydrogen-bond acceptors (Lipinski definition) is 5. The van der Waals surface area contributed by atoms with Crippen molar-refractivity contribution < 1.29 is 19.4 Å². The standard InChI is InChI=1S/C34H53N3O4/c1-6-9-10-11-12-13-19-32(39)35-25-28-20-21-30(38)31(24-28)41-23-15-18-29(37(8-3)22-7-2)34(40)36-33-26(4)16-14-17-27(33)5/h14,16-17,20-21,24,29,38H,6-13,15,18-19,22-23,25H2,1-5H3,(H,35,39)(H,36,40). The number of aromatic hydroxyl groups is 1. The molecule has 1 atom stereocenters. The number of aryl methyl sites for hydroxylation is 2. The maximum absolute atomic E-state index is 13.4. The van der Waals surface area contributed by atoms with Gasteiger partial charge in [0.1, 0.15) is 0 Å².